The Balaban J connectivity index is 2.24. The van der Waals surface area contributed by atoms with Gasteiger partial charge in [-0.15, -0.1) is 0 Å². The molecule has 2 aromatic rings. The van der Waals surface area contributed by atoms with Gasteiger partial charge in [0, 0.05) is 11.4 Å². The summed E-state index contributed by atoms with van der Waals surface area (Å²) in [6, 6.07) is 11.0. The number of amides is 1. The number of halogens is 1. The zero-order valence-electron chi connectivity index (χ0n) is 9.91. The van der Waals surface area contributed by atoms with E-state index in [1.807, 2.05) is 0 Å². The second-order valence-electron chi connectivity index (χ2n) is 4.00. The molecule has 2 rings (SSSR count). The van der Waals surface area contributed by atoms with Crippen molar-refractivity contribution in [1.29, 1.82) is 0 Å². The third-order valence-corrected chi connectivity index (χ3v) is 2.64. The van der Waals surface area contributed by atoms with E-state index in [4.69, 9.17) is 5.73 Å². The molecule has 0 fully saturated rings. The quantitative estimate of drug-likeness (QED) is 0.798. The van der Waals surface area contributed by atoms with Crippen LogP contribution < -0.4 is 11.1 Å². The molecule has 3 nitrogen and oxygen atoms in total. The van der Waals surface area contributed by atoms with E-state index in [1.54, 1.807) is 31.2 Å². The zero-order valence-corrected chi connectivity index (χ0v) is 9.91. The van der Waals surface area contributed by atoms with Crippen molar-refractivity contribution in [3.63, 3.8) is 0 Å². The Morgan fingerprint density at radius 1 is 1.22 bits per heavy atom. The summed E-state index contributed by atoms with van der Waals surface area (Å²) in [6.45, 7) is 1.73. The average Bonchev–Trinajstić information content (AvgIpc) is 2.33. The van der Waals surface area contributed by atoms with Crippen LogP contribution in [0, 0.1) is 12.7 Å². The number of rotatable bonds is 2. The van der Waals surface area contributed by atoms with E-state index in [2.05, 4.69) is 5.32 Å². The van der Waals surface area contributed by atoms with Gasteiger partial charge in [-0.25, -0.2) is 4.39 Å². The van der Waals surface area contributed by atoms with E-state index in [0.29, 0.717) is 22.5 Å². The summed E-state index contributed by atoms with van der Waals surface area (Å²) in [5.41, 5.74) is 7.77. The van der Waals surface area contributed by atoms with Crippen molar-refractivity contribution in [2.75, 3.05) is 11.1 Å². The maximum absolute atomic E-state index is 12.9. The van der Waals surface area contributed by atoms with Gasteiger partial charge in [-0.05, 0) is 42.8 Å². The van der Waals surface area contributed by atoms with Crippen LogP contribution in [0.1, 0.15) is 15.9 Å². The van der Waals surface area contributed by atoms with Gasteiger partial charge in [-0.1, -0.05) is 12.1 Å². The maximum atomic E-state index is 12.9. The largest absolute Gasteiger partial charge is 0.398 e. The Labute approximate surface area is 104 Å². The van der Waals surface area contributed by atoms with Gasteiger partial charge in [0.25, 0.3) is 5.91 Å². The van der Waals surface area contributed by atoms with E-state index in [1.165, 1.54) is 18.2 Å². The van der Waals surface area contributed by atoms with E-state index in [9.17, 15) is 9.18 Å². The lowest BCUT2D eigenvalue weighted by atomic mass is 10.1. The maximum Gasteiger partial charge on any atom is 0.257 e. The molecule has 0 bridgehead atoms. The van der Waals surface area contributed by atoms with Gasteiger partial charge < -0.3 is 11.1 Å². The molecule has 0 aliphatic rings. The van der Waals surface area contributed by atoms with E-state index >= 15 is 0 Å². The molecule has 0 saturated heterocycles. The highest BCUT2D eigenvalue weighted by molar-refractivity contribution is 6.07. The molecular formula is C14H13FN2O. The predicted octanol–water partition coefficient (Wildman–Crippen LogP) is 2.97. The van der Waals surface area contributed by atoms with Crippen LogP contribution in [-0.4, -0.2) is 5.91 Å². The molecule has 18 heavy (non-hydrogen) atoms. The molecule has 0 spiro atoms. The minimum Gasteiger partial charge on any atom is -0.398 e. The molecule has 0 radical (unpaired) electrons. The summed E-state index contributed by atoms with van der Waals surface area (Å²) in [5, 5.41) is 2.71. The smallest absolute Gasteiger partial charge is 0.257 e. The molecule has 2 aromatic carbocycles. The van der Waals surface area contributed by atoms with Crippen LogP contribution in [0.2, 0.25) is 0 Å². The van der Waals surface area contributed by atoms with Gasteiger partial charge in [0.15, 0.2) is 0 Å². The van der Waals surface area contributed by atoms with Gasteiger partial charge in [-0.3, -0.25) is 4.79 Å². The summed E-state index contributed by atoms with van der Waals surface area (Å²) in [6.07, 6.45) is 0. The lowest BCUT2D eigenvalue weighted by Gasteiger charge is -2.09. The SMILES string of the molecule is Cc1cc(F)ccc1NC(=O)c1ccccc1N. The minimum absolute atomic E-state index is 0.303. The zero-order chi connectivity index (χ0) is 13.1. The minimum atomic E-state index is -0.329. The van der Waals surface area contributed by atoms with E-state index in [-0.39, 0.29) is 11.7 Å². The highest BCUT2D eigenvalue weighted by Gasteiger charge is 2.10. The summed E-state index contributed by atoms with van der Waals surface area (Å²) < 4.78 is 12.9. The number of hydrogen-bond acceptors (Lipinski definition) is 2. The lowest BCUT2D eigenvalue weighted by molar-refractivity contribution is 0.102. The van der Waals surface area contributed by atoms with Crippen molar-refractivity contribution in [2.45, 2.75) is 6.92 Å². The number of nitrogens with one attached hydrogen (secondary N) is 1. The van der Waals surface area contributed by atoms with Gasteiger partial charge in [0.2, 0.25) is 0 Å². The van der Waals surface area contributed by atoms with Gasteiger partial charge in [0.1, 0.15) is 5.82 Å². The molecule has 4 heteroatoms. The molecule has 0 aromatic heterocycles. The number of nitrogens with two attached hydrogens (primary N) is 1. The number of anilines is 2. The second-order valence-corrected chi connectivity index (χ2v) is 4.00. The number of nitrogen functional groups attached to an aromatic ring is 1. The Bertz CT molecular complexity index is 596. The summed E-state index contributed by atoms with van der Waals surface area (Å²) in [4.78, 5) is 12.0. The number of carbonyl (C=O) groups is 1. The Morgan fingerprint density at radius 2 is 1.94 bits per heavy atom. The number of benzene rings is 2. The first-order valence-corrected chi connectivity index (χ1v) is 5.50. The first-order chi connectivity index (χ1) is 8.58. The third kappa shape index (κ3) is 2.48. The van der Waals surface area contributed by atoms with Crippen LogP contribution in [0.3, 0.4) is 0 Å². The molecule has 0 saturated carbocycles. The van der Waals surface area contributed by atoms with Crippen molar-refractivity contribution in [2.24, 2.45) is 0 Å². The molecule has 0 atom stereocenters. The summed E-state index contributed by atoms with van der Waals surface area (Å²) in [5.74, 6) is -0.632. The van der Waals surface area contributed by atoms with E-state index in [0.717, 1.165) is 0 Å². The fraction of sp³-hybridized carbons (Fsp3) is 0.0714. The topological polar surface area (TPSA) is 55.1 Å². The molecule has 1 amide bonds. The number of carbonyl (C=O) groups excluding carboxylic acids is 1. The van der Waals surface area contributed by atoms with Crippen LogP contribution in [0.25, 0.3) is 0 Å². The standard InChI is InChI=1S/C14H13FN2O/c1-9-8-10(15)6-7-13(9)17-14(18)11-4-2-3-5-12(11)16/h2-8H,16H2,1H3,(H,17,18). The number of para-hydroxylation sites is 1. The Kier molecular flexibility index (Phi) is 3.28. The van der Waals surface area contributed by atoms with Crippen molar-refractivity contribution in [3.05, 3.63) is 59.4 Å². The van der Waals surface area contributed by atoms with Gasteiger partial charge in [0.05, 0.1) is 5.56 Å². The lowest BCUT2D eigenvalue weighted by Crippen LogP contribution is -2.14. The van der Waals surface area contributed by atoms with Crippen LogP contribution >= 0.6 is 0 Å². The molecule has 3 N–H and O–H groups in total. The third-order valence-electron chi connectivity index (χ3n) is 2.64. The molecule has 92 valence electrons. The highest BCUT2D eigenvalue weighted by Crippen LogP contribution is 2.18. The van der Waals surface area contributed by atoms with Crippen molar-refractivity contribution >= 4 is 17.3 Å². The highest BCUT2D eigenvalue weighted by atomic mass is 19.1. The molecule has 0 aliphatic heterocycles. The monoisotopic (exact) mass is 244 g/mol. The average molecular weight is 244 g/mol. The molecule has 0 aliphatic carbocycles. The number of aryl methyl sites for hydroxylation is 1. The molecular weight excluding hydrogens is 231 g/mol. The van der Waals surface area contributed by atoms with Crippen LogP contribution in [0.5, 0.6) is 0 Å². The fourth-order valence-corrected chi connectivity index (χ4v) is 1.66. The van der Waals surface area contributed by atoms with Crippen molar-refractivity contribution in [3.8, 4) is 0 Å². The normalized spacial score (nSPS) is 10.1. The van der Waals surface area contributed by atoms with Gasteiger partial charge in [-0.2, -0.15) is 0 Å². The summed E-state index contributed by atoms with van der Waals surface area (Å²) in [7, 11) is 0. The number of hydrogen-bond donors (Lipinski definition) is 2. The second kappa shape index (κ2) is 4.87. The first kappa shape index (κ1) is 12.1. The molecule has 0 unspecified atom stereocenters. The predicted molar refractivity (Wildman–Crippen MR) is 69.9 cm³/mol. The van der Waals surface area contributed by atoms with E-state index < -0.39 is 0 Å². The van der Waals surface area contributed by atoms with Crippen LogP contribution in [-0.2, 0) is 0 Å². The summed E-state index contributed by atoms with van der Waals surface area (Å²) >= 11 is 0. The van der Waals surface area contributed by atoms with Crippen molar-refractivity contribution in [1.82, 2.24) is 0 Å². The molecule has 0 heterocycles. The van der Waals surface area contributed by atoms with Crippen LogP contribution in [0.15, 0.2) is 42.5 Å². The first-order valence-electron chi connectivity index (χ1n) is 5.50. The fourth-order valence-electron chi connectivity index (χ4n) is 1.66. The van der Waals surface area contributed by atoms with Crippen molar-refractivity contribution < 1.29 is 9.18 Å². The Morgan fingerprint density at radius 3 is 2.61 bits per heavy atom. The van der Waals surface area contributed by atoms with Gasteiger partial charge >= 0.3 is 0 Å². The Hall–Kier alpha value is -2.36. The van der Waals surface area contributed by atoms with Crippen LogP contribution in [0.4, 0.5) is 15.8 Å².